The molecule has 2 rings (SSSR count). The Morgan fingerprint density at radius 3 is 2.92 bits per heavy atom. The zero-order valence-corrected chi connectivity index (χ0v) is 8.02. The lowest BCUT2D eigenvalue weighted by Gasteiger charge is -2.00. The van der Waals surface area contributed by atoms with Crippen molar-refractivity contribution in [1.82, 2.24) is 4.98 Å². The van der Waals surface area contributed by atoms with Crippen LogP contribution < -0.4 is 5.56 Å². The van der Waals surface area contributed by atoms with Crippen LogP contribution >= 0.6 is 11.3 Å². The summed E-state index contributed by atoms with van der Waals surface area (Å²) in [7, 11) is 0. The van der Waals surface area contributed by atoms with E-state index in [0.717, 1.165) is 11.1 Å². The topological polar surface area (TPSA) is 32.9 Å². The van der Waals surface area contributed by atoms with Gasteiger partial charge < -0.3 is 4.98 Å². The van der Waals surface area contributed by atoms with Crippen LogP contribution in [0.4, 0.5) is 0 Å². The highest BCUT2D eigenvalue weighted by Crippen LogP contribution is 2.25. The number of hydrogen-bond donors (Lipinski definition) is 1. The second-order valence-corrected chi connectivity index (χ2v) is 3.82. The van der Waals surface area contributed by atoms with E-state index in [0.29, 0.717) is 0 Å². The number of aryl methyl sites for hydroxylation is 1. The monoisotopic (exact) mass is 191 g/mol. The SMILES string of the molecule is Cc1cc(=O)[nH]cc1-c1cccs1. The van der Waals surface area contributed by atoms with Gasteiger partial charge in [0.15, 0.2) is 0 Å². The number of hydrogen-bond acceptors (Lipinski definition) is 2. The molecule has 0 saturated heterocycles. The molecule has 13 heavy (non-hydrogen) atoms. The van der Waals surface area contributed by atoms with Gasteiger partial charge in [-0.05, 0) is 23.9 Å². The zero-order valence-electron chi connectivity index (χ0n) is 7.20. The van der Waals surface area contributed by atoms with Gasteiger partial charge in [-0.25, -0.2) is 0 Å². The maximum absolute atomic E-state index is 11.0. The van der Waals surface area contributed by atoms with Crippen LogP contribution in [0.2, 0.25) is 0 Å². The fraction of sp³-hybridized carbons (Fsp3) is 0.100. The van der Waals surface area contributed by atoms with E-state index in [-0.39, 0.29) is 5.56 Å². The first-order chi connectivity index (χ1) is 6.27. The molecule has 2 heterocycles. The zero-order chi connectivity index (χ0) is 9.26. The van der Waals surface area contributed by atoms with Crippen molar-refractivity contribution >= 4 is 11.3 Å². The summed E-state index contributed by atoms with van der Waals surface area (Å²) < 4.78 is 0. The molecule has 2 aromatic heterocycles. The molecular weight excluding hydrogens is 182 g/mol. The maximum Gasteiger partial charge on any atom is 0.248 e. The van der Waals surface area contributed by atoms with Crippen molar-refractivity contribution in [3.05, 3.63) is 45.7 Å². The van der Waals surface area contributed by atoms with E-state index in [9.17, 15) is 4.79 Å². The molecule has 0 aromatic carbocycles. The minimum Gasteiger partial charge on any atom is -0.328 e. The van der Waals surface area contributed by atoms with E-state index < -0.39 is 0 Å². The molecule has 1 N–H and O–H groups in total. The summed E-state index contributed by atoms with van der Waals surface area (Å²) >= 11 is 1.67. The van der Waals surface area contributed by atoms with Crippen molar-refractivity contribution in [2.45, 2.75) is 6.92 Å². The van der Waals surface area contributed by atoms with Crippen LogP contribution in [-0.4, -0.2) is 4.98 Å². The fourth-order valence-corrected chi connectivity index (χ4v) is 2.08. The van der Waals surface area contributed by atoms with E-state index in [1.54, 1.807) is 23.6 Å². The Hall–Kier alpha value is -1.35. The Morgan fingerprint density at radius 1 is 1.46 bits per heavy atom. The van der Waals surface area contributed by atoms with Gasteiger partial charge in [0.05, 0.1) is 0 Å². The predicted octanol–water partition coefficient (Wildman–Crippen LogP) is 2.41. The summed E-state index contributed by atoms with van der Waals surface area (Å²) in [5.41, 5.74) is 2.08. The number of thiophene rings is 1. The average molecular weight is 191 g/mol. The third-order valence-corrected chi connectivity index (χ3v) is 2.82. The number of aromatic nitrogens is 1. The average Bonchev–Trinajstić information content (AvgIpc) is 2.56. The largest absolute Gasteiger partial charge is 0.328 e. The highest BCUT2D eigenvalue weighted by atomic mass is 32.1. The van der Waals surface area contributed by atoms with Gasteiger partial charge in [0.1, 0.15) is 0 Å². The number of nitrogens with one attached hydrogen (secondary N) is 1. The molecule has 0 bridgehead atoms. The molecule has 0 radical (unpaired) electrons. The lowest BCUT2D eigenvalue weighted by molar-refractivity contribution is 1.21. The van der Waals surface area contributed by atoms with Crippen LogP contribution in [0, 0.1) is 6.92 Å². The van der Waals surface area contributed by atoms with E-state index in [4.69, 9.17) is 0 Å². The Labute approximate surface area is 79.9 Å². The number of H-pyrrole nitrogens is 1. The van der Waals surface area contributed by atoms with Crippen molar-refractivity contribution in [1.29, 1.82) is 0 Å². The van der Waals surface area contributed by atoms with E-state index in [1.165, 1.54) is 4.88 Å². The number of pyridine rings is 1. The lowest BCUT2D eigenvalue weighted by atomic mass is 10.1. The Balaban J connectivity index is 2.60. The Morgan fingerprint density at radius 2 is 2.31 bits per heavy atom. The molecule has 0 aliphatic carbocycles. The number of rotatable bonds is 1. The molecule has 66 valence electrons. The van der Waals surface area contributed by atoms with Crippen LogP contribution in [0.15, 0.2) is 34.6 Å². The van der Waals surface area contributed by atoms with E-state index in [1.807, 2.05) is 24.4 Å². The smallest absolute Gasteiger partial charge is 0.248 e. The lowest BCUT2D eigenvalue weighted by Crippen LogP contribution is -2.03. The molecule has 0 amide bonds. The summed E-state index contributed by atoms with van der Waals surface area (Å²) in [5.74, 6) is 0. The fourth-order valence-electron chi connectivity index (χ4n) is 1.27. The predicted molar refractivity (Wildman–Crippen MR) is 55.1 cm³/mol. The van der Waals surface area contributed by atoms with E-state index >= 15 is 0 Å². The minimum atomic E-state index is -0.0437. The van der Waals surface area contributed by atoms with Crippen molar-refractivity contribution < 1.29 is 0 Å². The second kappa shape index (κ2) is 3.18. The van der Waals surface area contributed by atoms with Gasteiger partial charge in [0, 0.05) is 22.7 Å². The highest BCUT2D eigenvalue weighted by molar-refractivity contribution is 7.13. The van der Waals surface area contributed by atoms with Crippen LogP contribution in [0.1, 0.15) is 5.56 Å². The summed E-state index contributed by atoms with van der Waals surface area (Å²) in [6.45, 7) is 1.95. The molecule has 2 aromatic rings. The molecule has 0 saturated carbocycles. The molecule has 0 atom stereocenters. The van der Waals surface area contributed by atoms with Crippen molar-refractivity contribution in [3.63, 3.8) is 0 Å². The standard InChI is InChI=1S/C10H9NOS/c1-7-5-10(12)11-6-8(7)9-3-2-4-13-9/h2-6H,1H3,(H,11,12). The van der Waals surface area contributed by atoms with Crippen LogP contribution in [-0.2, 0) is 0 Å². The second-order valence-electron chi connectivity index (χ2n) is 2.87. The molecule has 0 aliphatic rings. The third kappa shape index (κ3) is 1.55. The first-order valence-corrected chi connectivity index (χ1v) is 4.88. The quantitative estimate of drug-likeness (QED) is 0.737. The molecule has 2 nitrogen and oxygen atoms in total. The Kier molecular flexibility index (Phi) is 2.02. The van der Waals surface area contributed by atoms with Gasteiger partial charge in [-0.1, -0.05) is 6.07 Å². The van der Waals surface area contributed by atoms with Crippen molar-refractivity contribution in [3.8, 4) is 10.4 Å². The normalized spacial score (nSPS) is 10.2. The molecule has 3 heteroatoms. The van der Waals surface area contributed by atoms with Gasteiger partial charge in [0.2, 0.25) is 5.56 Å². The number of aromatic amines is 1. The molecule has 0 unspecified atom stereocenters. The van der Waals surface area contributed by atoms with Gasteiger partial charge in [-0.2, -0.15) is 0 Å². The molecule has 0 aliphatic heterocycles. The highest BCUT2D eigenvalue weighted by Gasteiger charge is 2.02. The van der Waals surface area contributed by atoms with Crippen LogP contribution in [0.5, 0.6) is 0 Å². The maximum atomic E-state index is 11.0. The summed E-state index contributed by atoms with van der Waals surface area (Å²) in [4.78, 5) is 14.8. The third-order valence-electron chi connectivity index (χ3n) is 1.92. The van der Waals surface area contributed by atoms with Crippen molar-refractivity contribution in [2.24, 2.45) is 0 Å². The van der Waals surface area contributed by atoms with Gasteiger partial charge in [-0.15, -0.1) is 11.3 Å². The van der Waals surface area contributed by atoms with Gasteiger partial charge in [-0.3, -0.25) is 4.79 Å². The summed E-state index contributed by atoms with van der Waals surface area (Å²) in [6.07, 6.45) is 1.77. The minimum absolute atomic E-state index is 0.0437. The van der Waals surface area contributed by atoms with Gasteiger partial charge in [0.25, 0.3) is 0 Å². The van der Waals surface area contributed by atoms with E-state index in [2.05, 4.69) is 4.98 Å². The Bertz CT molecular complexity index is 456. The first kappa shape index (κ1) is 8.26. The molecule has 0 fully saturated rings. The molecular formula is C10H9NOS. The summed E-state index contributed by atoms with van der Waals surface area (Å²) in [6, 6.07) is 5.67. The van der Waals surface area contributed by atoms with Crippen LogP contribution in [0.25, 0.3) is 10.4 Å². The van der Waals surface area contributed by atoms with Gasteiger partial charge >= 0.3 is 0 Å². The summed E-state index contributed by atoms with van der Waals surface area (Å²) in [5, 5.41) is 2.03. The van der Waals surface area contributed by atoms with Crippen molar-refractivity contribution in [2.75, 3.05) is 0 Å². The van der Waals surface area contributed by atoms with Crippen LogP contribution in [0.3, 0.4) is 0 Å². The molecule has 0 spiro atoms. The first-order valence-electron chi connectivity index (χ1n) is 4.00.